The fourth-order valence-corrected chi connectivity index (χ4v) is 1.53. The van der Waals surface area contributed by atoms with E-state index in [-0.39, 0.29) is 0 Å². The first-order valence-corrected chi connectivity index (χ1v) is 4.97. The molecule has 1 aromatic heterocycles. The first-order valence-electron chi connectivity index (χ1n) is 4.17. The molecule has 12 heavy (non-hydrogen) atoms. The lowest BCUT2D eigenvalue weighted by Gasteiger charge is -2.13. The van der Waals surface area contributed by atoms with Crippen LogP contribution in [-0.2, 0) is 0 Å². The molecule has 1 heterocycles. The maximum atomic E-state index is 5.50. The maximum Gasteiger partial charge on any atom is 0.0632 e. The van der Waals surface area contributed by atoms with Crippen LogP contribution in [0.4, 0.5) is 0 Å². The lowest BCUT2D eigenvalue weighted by atomic mass is 10.1. The Bertz CT molecular complexity index is 234. The summed E-state index contributed by atoms with van der Waals surface area (Å²) in [5, 5.41) is 4.22. The quantitative estimate of drug-likeness (QED) is 0.862. The lowest BCUT2D eigenvalue weighted by molar-refractivity contribution is 0.418. The van der Waals surface area contributed by atoms with Gasteiger partial charge in [0, 0.05) is 6.20 Å². The van der Waals surface area contributed by atoms with Gasteiger partial charge in [0.25, 0.3) is 0 Å². The molecule has 0 aliphatic heterocycles. The zero-order valence-corrected chi connectivity index (χ0v) is 8.79. The molecule has 1 rings (SSSR count). The molecule has 0 radical (unpaired) electrons. The van der Waals surface area contributed by atoms with E-state index in [4.69, 9.17) is 5.73 Å². The molecule has 4 heteroatoms. The second-order valence-electron chi connectivity index (χ2n) is 2.78. The molecule has 0 saturated carbocycles. The molecule has 68 valence electrons. The van der Waals surface area contributed by atoms with Gasteiger partial charge in [-0.25, -0.2) is 0 Å². The highest BCUT2D eigenvalue weighted by molar-refractivity contribution is 9.10. The van der Waals surface area contributed by atoms with E-state index < -0.39 is 0 Å². The zero-order valence-electron chi connectivity index (χ0n) is 7.20. The highest BCUT2D eigenvalue weighted by Gasteiger charge is 2.07. The molecule has 0 amide bonds. The van der Waals surface area contributed by atoms with E-state index in [1.807, 2.05) is 10.9 Å². The average Bonchev–Trinajstić information content (AvgIpc) is 2.47. The summed E-state index contributed by atoms with van der Waals surface area (Å²) in [6, 6.07) is 0.446. The summed E-state index contributed by atoms with van der Waals surface area (Å²) in [7, 11) is 0. The van der Waals surface area contributed by atoms with Crippen LogP contribution >= 0.6 is 15.9 Å². The Kier molecular flexibility index (Phi) is 3.75. The van der Waals surface area contributed by atoms with E-state index in [1.165, 1.54) is 0 Å². The fraction of sp³-hybridized carbons (Fsp3) is 0.625. The Morgan fingerprint density at radius 3 is 2.92 bits per heavy atom. The lowest BCUT2D eigenvalue weighted by Crippen LogP contribution is -2.13. The van der Waals surface area contributed by atoms with E-state index in [0.717, 1.165) is 23.9 Å². The summed E-state index contributed by atoms with van der Waals surface area (Å²) in [4.78, 5) is 0. The second-order valence-corrected chi connectivity index (χ2v) is 3.69. The predicted molar refractivity (Wildman–Crippen MR) is 52.9 cm³/mol. The minimum atomic E-state index is 0.446. The minimum Gasteiger partial charge on any atom is -0.330 e. The topological polar surface area (TPSA) is 43.8 Å². The number of hydrogen-bond acceptors (Lipinski definition) is 2. The smallest absolute Gasteiger partial charge is 0.0632 e. The van der Waals surface area contributed by atoms with Crippen molar-refractivity contribution in [1.29, 1.82) is 0 Å². The van der Waals surface area contributed by atoms with Crippen molar-refractivity contribution in [1.82, 2.24) is 9.78 Å². The van der Waals surface area contributed by atoms with E-state index in [9.17, 15) is 0 Å². The molecule has 2 N–H and O–H groups in total. The standard InChI is InChI=1S/C8H14BrN3/c1-2-8(3-4-10)12-6-7(9)5-11-12/h5-6,8H,2-4,10H2,1H3. The van der Waals surface area contributed by atoms with Gasteiger partial charge >= 0.3 is 0 Å². The molecule has 0 aliphatic rings. The third kappa shape index (κ3) is 2.32. The molecule has 0 aliphatic carbocycles. The van der Waals surface area contributed by atoms with E-state index in [0.29, 0.717) is 6.04 Å². The largest absolute Gasteiger partial charge is 0.330 e. The van der Waals surface area contributed by atoms with Crippen LogP contribution in [0.25, 0.3) is 0 Å². The van der Waals surface area contributed by atoms with Crippen molar-refractivity contribution in [3.63, 3.8) is 0 Å². The van der Waals surface area contributed by atoms with E-state index in [2.05, 4.69) is 28.0 Å². The minimum absolute atomic E-state index is 0.446. The number of rotatable bonds is 4. The van der Waals surface area contributed by atoms with Crippen molar-refractivity contribution in [2.24, 2.45) is 5.73 Å². The Morgan fingerprint density at radius 2 is 2.50 bits per heavy atom. The Morgan fingerprint density at radius 1 is 1.75 bits per heavy atom. The molecule has 1 atom stereocenters. The van der Waals surface area contributed by atoms with Crippen LogP contribution in [0.5, 0.6) is 0 Å². The molecule has 1 aromatic rings. The summed E-state index contributed by atoms with van der Waals surface area (Å²) in [6.45, 7) is 2.87. The Balaban J connectivity index is 2.66. The predicted octanol–water partition coefficient (Wildman–Crippen LogP) is 1.95. The van der Waals surface area contributed by atoms with Gasteiger partial charge in [0.15, 0.2) is 0 Å². The van der Waals surface area contributed by atoms with Gasteiger partial charge in [0.1, 0.15) is 0 Å². The van der Waals surface area contributed by atoms with Gasteiger partial charge in [-0.1, -0.05) is 6.92 Å². The van der Waals surface area contributed by atoms with Crippen molar-refractivity contribution in [3.8, 4) is 0 Å². The van der Waals surface area contributed by atoms with Crippen molar-refractivity contribution < 1.29 is 0 Å². The number of hydrogen-bond donors (Lipinski definition) is 1. The maximum absolute atomic E-state index is 5.50. The monoisotopic (exact) mass is 231 g/mol. The van der Waals surface area contributed by atoms with Crippen LogP contribution in [0.2, 0.25) is 0 Å². The average molecular weight is 232 g/mol. The number of aromatic nitrogens is 2. The van der Waals surface area contributed by atoms with Crippen molar-refractivity contribution in [3.05, 3.63) is 16.9 Å². The van der Waals surface area contributed by atoms with E-state index >= 15 is 0 Å². The SMILES string of the molecule is CCC(CCN)n1cc(Br)cn1. The third-order valence-corrected chi connectivity index (χ3v) is 2.32. The third-order valence-electron chi connectivity index (χ3n) is 1.92. The molecule has 3 nitrogen and oxygen atoms in total. The molecule has 1 unspecified atom stereocenters. The number of nitrogens with zero attached hydrogens (tertiary/aromatic N) is 2. The summed E-state index contributed by atoms with van der Waals surface area (Å²) in [5.41, 5.74) is 5.50. The zero-order chi connectivity index (χ0) is 8.97. The van der Waals surface area contributed by atoms with Crippen LogP contribution in [0.1, 0.15) is 25.8 Å². The van der Waals surface area contributed by atoms with Crippen molar-refractivity contribution in [2.75, 3.05) is 6.54 Å². The van der Waals surface area contributed by atoms with Crippen molar-refractivity contribution in [2.45, 2.75) is 25.8 Å². The molecule has 0 saturated heterocycles. The molecule has 0 spiro atoms. The van der Waals surface area contributed by atoms with Gasteiger partial charge in [-0.2, -0.15) is 5.10 Å². The van der Waals surface area contributed by atoms with Gasteiger partial charge in [-0.05, 0) is 35.3 Å². The van der Waals surface area contributed by atoms with Gasteiger partial charge in [0.2, 0.25) is 0 Å². The summed E-state index contributed by atoms with van der Waals surface area (Å²) >= 11 is 3.37. The molecular formula is C8H14BrN3. The van der Waals surface area contributed by atoms with Crippen LogP contribution in [-0.4, -0.2) is 16.3 Å². The normalized spacial score (nSPS) is 13.2. The molecule has 0 fully saturated rings. The van der Waals surface area contributed by atoms with Crippen LogP contribution in [0.15, 0.2) is 16.9 Å². The van der Waals surface area contributed by atoms with Gasteiger partial charge < -0.3 is 5.73 Å². The van der Waals surface area contributed by atoms with Crippen LogP contribution in [0.3, 0.4) is 0 Å². The molecule has 0 bridgehead atoms. The summed E-state index contributed by atoms with van der Waals surface area (Å²) in [6.07, 6.45) is 5.86. The van der Waals surface area contributed by atoms with Gasteiger partial charge in [-0.3, -0.25) is 4.68 Å². The first kappa shape index (κ1) is 9.74. The van der Waals surface area contributed by atoms with Gasteiger partial charge in [0.05, 0.1) is 16.7 Å². The van der Waals surface area contributed by atoms with Crippen LogP contribution < -0.4 is 5.73 Å². The second kappa shape index (κ2) is 4.62. The first-order chi connectivity index (χ1) is 5.77. The number of nitrogens with two attached hydrogens (primary N) is 1. The molecule has 0 aromatic carbocycles. The van der Waals surface area contributed by atoms with Gasteiger partial charge in [-0.15, -0.1) is 0 Å². The fourth-order valence-electron chi connectivity index (χ4n) is 1.23. The highest BCUT2D eigenvalue weighted by Crippen LogP contribution is 2.16. The number of halogens is 1. The highest BCUT2D eigenvalue weighted by atomic mass is 79.9. The summed E-state index contributed by atoms with van der Waals surface area (Å²) < 4.78 is 3.00. The Labute approximate surface area is 81.1 Å². The van der Waals surface area contributed by atoms with E-state index in [1.54, 1.807) is 6.20 Å². The molecular weight excluding hydrogens is 218 g/mol. The van der Waals surface area contributed by atoms with Crippen molar-refractivity contribution >= 4 is 15.9 Å². The Hall–Kier alpha value is -0.350. The van der Waals surface area contributed by atoms with Crippen LogP contribution in [0, 0.1) is 0 Å². The summed E-state index contributed by atoms with van der Waals surface area (Å²) in [5.74, 6) is 0.